The Bertz CT molecular complexity index is 1030. The predicted molar refractivity (Wildman–Crippen MR) is 99.9 cm³/mol. The molecule has 1 atom stereocenters. The van der Waals surface area contributed by atoms with Crippen LogP contribution in [0.2, 0.25) is 0 Å². The van der Waals surface area contributed by atoms with Gasteiger partial charge in [0.1, 0.15) is 16.3 Å². The van der Waals surface area contributed by atoms with Crippen LogP contribution in [0.5, 0.6) is 0 Å². The van der Waals surface area contributed by atoms with Crippen molar-refractivity contribution < 1.29 is 13.6 Å². The molecule has 0 aliphatic carbocycles. The maximum atomic E-state index is 13.7. The van der Waals surface area contributed by atoms with E-state index in [9.17, 15) is 18.4 Å². The largest absolute Gasteiger partial charge is 0.323 e. The number of amides is 1. The van der Waals surface area contributed by atoms with Crippen LogP contribution in [0.3, 0.4) is 0 Å². The van der Waals surface area contributed by atoms with Crippen LogP contribution in [-0.4, -0.2) is 20.7 Å². The average molecular weight is 395 g/mol. The second-order valence-corrected chi connectivity index (χ2v) is 7.68. The molecule has 9 heteroatoms. The average Bonchev–Trinajstić information content (AvgIpc) is 3.07. The first-order valence-corrected chi connectivity index (χ1v) is 9.57. The number of thioether (sulfide) groups is 1. The van der Waals surface area contributed by atoms with E-state index < -0.39 is 22.8 Å². The van der Waals surface area contributed by atoms with Crippen molar-refractivity contribution in [1.82, 2.24) is 9.55 Å². The second kappa shape index (κ2) is 7.55. The van der Waals surface area contributed by atoms with E-state index in [2.05, 4.69) is 10.3 Å². The SMILES string of the molecule is CCn1c(SC(C)C(=O)Nc2cc(F)ccc2F)nc2ccsc2c1=O. The van der Waals surface area contributed by atoms with Crippen molar-refractivity contribution in [2.24, 2.45) is 0 Å². The van der Waals surface area contributed by atoms with Crippen molar-refractivity contribution in [2.45, 2.75) is 30.8 Å². The molecule has 1 N–H and O–H groups in total. The number of halogens is 2. The first-order chi connectivity index (χ1) is 12.4. The highest BCUT2D eigenvalue weighted by molar-refractivity contribution is 8.00. The van der Waals surface area contributed by atoms with Crippen LogP contribution in [0, 0.1) is 11.6 Å². The minimum atomic E-state index is -0.722. The molecule has 3 aromatic rings. The Hall–Kier alpha value is -2.26. The second-order valence-electron chi connectivity index (χ2n) is 5.45. The maximum Gasteiger partial charge on any atom is 0.272 e. The number of carbonyl (C=O) groups excluding carboxylic acids is 1. The number of anilines is 1. The van der Waals surface area contributed by atoms with E-state index in [1.54, 1.807) is 18.4 Å². The van der Waals surface area contributed by atoms with Crippen LogP contribution in [0.4, 0.5) is 14.5 Å². The van der Waals surface area contributed by atoms with Gasteiger partial charge in [-0.05, 0) is 37.4 Å². The lowest BCUT2D eigenvalue weighted by Gasteiger charge is -2.15. The maximum absolute atomic E-state index is 13.7. The van der Waals surface area contributed by atoms with E-state index in [-0.39, 0.29) is 11.2 Å². The third-order valence-electron chi connectivity index (χ3n) is 3.68. The summed E-state index contributed by atoms with van der Waals surface area (Å²) in [4.78, 5) is 29.3. The molecule has 0 aliphatic heterocycles. The molecular formula is C17H15F2N3O2S2. The van der Waals surface area contributed by atoms with Crippen LogP contribution in [0.1, 0.15) is 13.8 Å². The number of aromatic nitrogens is 2. The van der Waals surface area contributed by atoms with Gasteiger partial charge in [-0.2, -0.15) is 0 Å². The van der Waals surface area contributed by atoms with Crippen molar-refractivity contribution in [1.29, 1.82) is 0 Å². The summed E-state index contributed by atoms with van der Waals surface area (Å²) in [5.41, 5.74) is 0.200. The van der Waals surface area contributed by atoms with Crippen LogP contribution in [-0.2, 0) is 11.3 Å². The molecule has 1 unspecified atom stereocenters. The molecule has 0 fully saturated rings. The third-order valence-corrected chi connectivity index (χ3v) is 5.67. The zero-order valence-electron chi connectivity index (χ0n) is 14.0. The standard InChI is InChI=1S/C17H15F2N3O2S2/c1-3-22-16(24)14-12(6-7-25-14)21-17(22)26-9(2)15(23)20-13-8-10(18)4-5-11(13)19/h4-9H,3H2,1-2H3,(H,20,23). The summed E-state index contributed by atoms with van der Waals surface area (Å²) >= 11 is 2.41. The van der Waals surface area contributed by atoms with Gasteiger partial charge in [0, 0.05) is 12.6 Å². The van der Waals surface area contributed by atoms with E-state index in [1.165, 1.54) is 15.9 Å². The highest BCUT2D eigenvalue weighted by atomic mass is 32.2. The predicted octanol–water partition coefficient (Wildman–Crippen LogP) is 3.88. The summed E-state index contributed by atoms with van der Waals surface area (Å²) in [5.74, 6) is -1.88. The molecular weight excluding hydrogens is 380 g/mol. The smallest absolute Gasteiger partial charge is 0.272 e. The number of fused-ring (bicyclic) bond motifs is 1. The molecule has 26 heavy (non-hydrogen) atoms. The minimum absolute atomic E-state index is 0.154. The quantitative estimate of drug-likeness (QED) is 0.526. The molecule has 0 radical (unpaired) electrons. The fourth-order valence-electron chi connectivity index (χ4n) is 2.33. The van der Waals surface area contributed by atoms with E-state index in [0.717, 1.165) is 30.0 Å². The van der Waals surface area contributed by atoms with Gasteiger partial charge in [-0.15, -0.1) is 11.3 Å². The van der Waals surface area contributed by atoms with Crippen molar-refractivity contribution >= 4 is 44.9 Å². The molecule has 1 amide bonds. The molecule has 0 bridgehead atoms. The van der Waals surface area contributed by atoms with Gasteiger partial charge < -0.3 is 5.32 Å². The van der Waals surface area contributed by atoms with Crippen molar-refractivity contribution in [2.75, 3.05) is 5.32 Å². The van der Waals surface area contributed by atoms with Gasteiger partial charge >= 0.3 is 0 Å². The first kappa shape index (κ1) is 18.5. The molecule has 2 heterocycles. The van der Waals surface area contributed by atoms with Crippen LogP contribution >= 0.6 is 23.1 Å². The van der Waals surface area contributed by atoms with E-state index in [4.69, 9.17) is 0 Å². The number of rotatable bonds is 5. The molecule has 0 spiro atoms. The van der Waals surface area contributed by atoms with Crippen molar-refractivity contribution in [3.63, 3.8) is 0 Å². The van der Waals surface area contributed by atoms with Gasteiger partial charge in [-0.3, -0.25) is 14.2 Å². The monoisotopic (exact) mass is 395 g/mol. The van der Waals surface area contributed by atoms with Crippen LogP contribution < -0.4 is 10.9 Å². The zero-order valence-corrected chi connectivity index (χ0v) is 15.6. The van der Waals surface area contributed by atoms with E-state index in [1.807, 2.05) is 6.92 Å². The van der Waals surface area contributed by atoms with Gasteiger partial charge in [-0.25, -0.2) is 13.8 Å². The number of thiophene rings is 1. The van der Waals surface area contributed by atoms with Crippen molar-refractivity contribution in [3.8, 4) is 0 Å². The van der Waals surface area contributed by atoms with E-state index in [0.29, 0.717) is 21.9 Å². The third kappa shape index (κ3) is 3.63. The minimum Gasteiger partial charge on any atom is -0.323 e. The van der Waals surface area contributed by atoms with Crippen LogP contribution in [0.15, 0.2) is 39.6 Å². The van der Waals surface area contributed by atoms with Gasteiger partial charge in [0.15, 0.2) is 5.16 Å². The fourth-order valence-corrected chi connectivity index (χ4v) is 4.08. The molecule has 5 nitrogen and oxygen atoms in total. The Balaban J connectivity index is 1.84. The van der Waals surface area contributed by atoms with Crippen molar-refractivity contribution in [3.05, 3.63) is 51.6 Å². The molecule has 3 rings (SSSR count). The summed E-state index contributed by atoms with van der Waals surface area (Å²) in [6.07, 6.45) is 0. The number of benzene rings is 1. The number of hydrogen-bond donors (Lipinski definition) is 1. The number of carbonyl (C=O) groups is 1. The molecule has 0 saturated carbocycles. The molecule has 0 aliphatic rings. The lowest BCUT2D eigenvalue weighted by Crippen LogP contribution is -2.26. The number of nitrogens with zero attached hydrogens (tertiary/aromatic N) is 2. The Morgan fingerprint density at radius 1 is 1.38 bits per heavy atom. The summed E-state index contributed by atoms with van der Waals surface area (Å²) in [6, 6.07) is 4.59. The lowest BCUT2D eigenvalue weighted by molar-refractivity contribution is -0.115. The Kier molecular flexibility index (Phi) is 5.38. The van der Waals surface area contributed by atoms with Gasteiger partial charge in [0.2, 0.25) is 5.91 Å². The number of nitrogens with one attached hydrogen (secondary N) is 1. The Labute approximate surface area is 156 Å². The summed E-state index contributed by atoms with van der Waals surface area (Å²) in [5, 5.41) is 3.90. The molecule has 2 aromatic heterocycles. The van der Waals surface area contributed by atoms with Gasteiger partial charge in [-0.1, -0.05) is 11.8 Å². The Morgan fingerprint density at radius 3 is 2.88 bits per heavy atom. The fraction of sp³-hybridized carbons (Fsp3) is 0.235. The highest BCUT2D eigenvalue weighted by Crippen LogP contribution is 2.25. The summed E-state index contributed by atoms with van der Waals surface area (Å²) in [6.45, 7) is 3.84. The van der Waals surface area contributed by atoms with E-state index >= 15 is 0 Å². The highest BCUT2D eigenvalue weighted by Gasteiger charge is 2.20. The molecule has 0 saturated heterocycles. The zero-order chi connectivity index (χ0) is 18.8. The summed E-state index contributed by atoms with van der Waals surface area (Å²) in [7, 11) is 0. The first-order valence-electron chi connectivity index (χ1n) is 7.81. The summed E-state index contributed by atoms with van der Waals surface area (Å²) < 4.78 is 29.0. The topological polar surface area (TPSA) is 64.0 Å². The molecule has 136 valence electrons. The van der Waals surface area contributed by atoms with Gasteiger partial charge in [0.05, 0.1) is 16.5 Å². The lowest BCUT2D eigenvalue weighted by atomic mass is 10.3. The van der Waals surface area contributed by atoms with Gasteiger partial charge in [0.25, 0.3) is 5.56 Å². The molecule has 1 aromatic carbocycles. The normalized spacial score (nSPS) is 12.3. The Morgan fingerprint density at radius 2 is 2.15 bits per heavy atom. The van der Waals surface area contributed by atoms with Crippen LogP contribution in [0.25, 0.3) is 10.2 Å². The number of hydrogen-bond acceptors (Lipinski definition) is 5.